The van der Waals surface area contributed by atoms with Gasteiger partial charge in [0.25, 0.3) is 0 Å². The number of rotatable bonds is 2. The van der Waals surface area contributed by atoms with Gasteiger partial charge in [0.15, 0.2) is 5.25 Å². The number of halogens is 1. The molecule has 1 atom stereocenters. The van der Waals surface area contributed by atoms with Gasteiger partial charge in [-0.25, -0.2) is 0 Å². The molecule has 4 nitrogen and oxygen atoms in total. The lowest BCUT2D eigenvalue weighted by Crippen LogP contribution is -2.44. The average Bonchev–Trinajstić information content (AvgIpc) is 2.53. The van der Waals surface area contributed by atoms with Crippen LogP contribution in [-0.4, -0.2) is 24.1 Å². The molecule has 1 heterocycles. The maximum atomic E-state index is 12.4. The van der Waals surface area contributed by atoms with Crippen LogP contribution in [0.1, 0.15) is 0 Å². The molecular formula is C16H13ClN2O2S. The molecule has 6 heteroatoms. The Bertz CT molecular complexity index is 733. The fourth-order valence-corrected chi connectivity index (χ4v) is 3.50. The molecule has 1 aliphatic rings. The number of nitrogens with zero attached hydrogens (tertiary/aromatic N) is 1. The van der Waals surface area contributed by atoms with Gasteiger partial charge >= 0.3 is 0 Å². The maximum Gasteiger partial charge on any atom is 0.249 e. The summed E-state index contributed by atoms with van der Waals surface area (Å²) >= 11 is 7.09. The molecular weight excluding hydrogens is 320 g/mol. The second-order valence-electron chi connectivity index (χ2n) is 4.86. The minimum Gasteiger partial charge on any atom is -0.325 e. The van der Waals surface area contributed by atoms with Crippen molar-refractivity contribution in [1.82, 2.24) is 0 Å². The molecule has 0 saturated carbocycles. The van der Waals surface area contributed by atoms with Crippen molar-refractivity contribution in [3.8, 4) is 0 Å². The number of hydrogen-bond acceptors (Lipinski definition) is 3. The van der Waals surface area contributed by atoms with Gasteiger partial charge in [-0.1, -0.05) is 23.7 Å². The molecule has 1 unspecified atom stereocenters. The zero-order chi connectivity index (χ0) is 15.7. The van der Waals surface area contributed by atoms with Crippen LogP contribution in [0.5, 0.6) is 0 Å². The van der Waals surface area contributed by atoms with E-state index in [2.05, 4.69) is 5.32 Å². The van der Waals surface area contributed by atoms with Crippen molar-refractivity contribution < 1.29 is 9.59 Å². The van der Waals surface area contributed by atoms with Crippen LogP contribution >= 0.6 is 23.4 Å². The highest BCUT2D eigenvalue weighted by Crippen LogP contribution is 2.38. The SMILES string of the molecule is CN1C(=O)C(C(=O)Nc2ccc(Cl)cc2)Sc2ccccc21. The third kappa shape index (κ3) is 2.82. The fraction of sp³-hybridized carbons (Fsp3) is 0.125. The molecule has 2 aromatic carbocycles. The number of carbonyl (C=O) groups is 2. The third-order valence-corrected chi connectivity index (χ3v) is 4.88. The molecule has 112 valence electrons. The molecule has 1 N–H and O–H groups in total. The summed E-state index contributed by atoms with van der Waals surface area (Å²) in [6, 6.07) is 14.3. The van der Waals surface area contributed by atoms with E-state index < -0.39 is 5.25 Å². The normalized spacial score (nSPS) is 17.1. The first-order valence-corrected chi connectivity index (χ1v) is 7.92. The van der Waals surface area contributed by atoms with Gasteiger partial charge in [0.05, 0.1) is 5.69 Å². The number of hydrogen-bond donors (Lipinski definition) is 1. The van der Waals surface area contributed by atoms with Gasteiger partial charge < -0.3 is 10.2 Å². The van der Waals surface area contributed by atoms with Crippen LogP contribution in [0.2, 0.25) is 5.02 Å². The number of para-hydroxylation sites is 1. The lowest BCUT2D eigenvalue weighted by molar-refractivity contribution is -0.124. The van der Waals surface area contributed by atoms with E-state index >= 15 is 0 Å². The van der Waals surface area contributed by atoms with E-state index in [1.54, 1.807) is 31.3 Å². The molecule has 0 spiro atoms. The van der Waals surface area contributed by atoms with Gasteiger partial charge in [-0.2, -0.15) is 0 Å². The van der Waals surface area contributed by atoms with E-state index in [1.165, 1.54) is 16.7 Å². The number of nitrogens with one attached hydrogen (secondary N) is 1. The van der Waals surface area contributed by atoms with Gasteiger partial charge in [-0.05, 0) is 36.4 Å². The Morgan fingerprint density at radius 2 is 1.86 bits per heavy atom. The van der Waals surface area contributed by atoms with Gasteiger partial charge in [0.1, 0.15) is 0 Å². The zero-order valence-electron chi connectivity index (χ0n) is 11.7. The number of benzene rings is 2. The van der Waals surface area contributed by atoms with E-state index in [1.807, 2.05) is 24.3 Å². The number of anilines is 2. The zero-order valence-corrected chi connectivity index (χ0v) is 13.3. The lowest BCUT2D eigenvalue weighted by atomic mass is 10.2. The summed E-state index contributed by atoms with van der Waals surface area (Å²) in [4.78, 5) is 27.2. The molecule has 3 rings (SSSR count). The van der Waals surface area contributed by atoms with E-state index in [4.69, 9.17) is 11.6 Å². The first-order valence-electron chi connectivity index (χ1n) is 6.66. The topological polar surface area (TPSA) is 49.4 Å². The van der Waals surface area contributed by atoms with Crippen molar-refractivity contribution in [2.24, 2.45) is 0 Å². The third-order valence-electron chi connectivity index (χ3n) is 3.38. The van der Waals surface area contributed by atoms with Crippen LogP contribution in [-0.2, 0) is 9.59 Å². The van der Waals surface area contributed by atoms with Crippen LogP contribution in [0.15, 0.2) is 53.4 Å². The van der Waals surface area contributed by atoms with Gasteiger partial charge in [-0.3, -0.25) is 9.59 Å². The predicted molar refractivity (Wildman–Crippen MR) is 89.6 cm³/mol. The monoisotopic (exact) mass is 332 g/mol. The minimum atomic E-state index is -0.796. The summed E-state index contributed by atoms with van der Waals surface area (Å²) in [6.45, 7) is 0. The van der Waals surface area contributed by atoms with Gasteiger partial charge in [0.2, 0.25) is 11.8 Å². The highest BCUT2D eigenvalue weighted by molar-refractivity contribution is 8.01. The standard InChI is InChI=1S/C16H13ClN2O2S/c1-19-12-4-2-3-5-13(12)22-14(16(19)21)15(20)18-11-8-6-10(17)7-9-11/h2-9,14H,1H3,(H,18,20). The highest BCUT2D eigenvalue weighted by Gasteiger charge is 2.36. The molecule has 0 aromatic heterocycles. The van der Waals surface area contributed by atoms with E-state index in [9.17, 15) is 9.59 Å². The van der Waals surface area contributed by atoms with Crippen LogP contribution in [0.4, 0.5) is 11.4 Å². The second-order valence-corrected chi connectivity index (χ2v) is 6.44. The Kier molecular flexibility index (Phi) is 4.09. The molecule has 0 aliphatic carbocycles. The summed E-state index contributed by atoms with van der Waals surface area (Å²) < 4.78 is 0. The average molecular weight is 333 g/mol. The molecule has 2 aromatic rings. The first-order chi connectivity index (χ1) is 10.6. The van der Waals surface area contributed by atoms with Crippen molar-refractivity contribution in [2.75, 3.05) is 17.3 Å². The minimum absolute atomic E-state index is 0.227. The second kappa shape index (κ2) is 6.02. The molecule has 0 bridgehead atoms. The van der Waals surface area contributed by atoms with Crippen molar-refractivity contribution >= 4 is 46.6 Å². The predicted octanol–water partition coefficient (Wildman–Crippen LogP) is 3.42. The molecule has 0 fully saturated rings. The summed E-state index contributed by atoms with van der Waals surface area (Å²) in [5, 5.41) is 2.55. The molecule has 0 radical (unpaired) electrons. The van der Waals surface area contributed by atoms with Crippen molar-refractivity contribution in [2.45, 2.75) is 10.1 Å². The van der Waals surface area contributed by atoms with Crippen molar-refractivity contribution in [3.63, 3.8) is 0 Å². The van der Waals surface area contributed by atoms with E-state index in [0.717, 1.165) is 10.6 Å². The summed E-state index contributed by atoms with van der Waals surface area (Å²) in [5.41, 5.74) is 1.44. The van der Waals surface area contributed by atoms with Crippen LogP contribution in [0.25, 0.3) is 0 Å². The summed E-state index contributed by atoms with van der Waals surface area (Å²) in [6.07, 6.45) is 0. The van der Waals surface area contributed by atoms with Crippen molar-refractivity contribution in [1.29, 1.82) is 0 Å². The quantitative estimate of drug-likeness (QED) is 0.857. The Balaban J connectivity index is 1.81. The number of carbonyl (C=O) groups excluding carboxylic acids is 2. The number of thioether (sulfide) groups is 1. The fourth-order valence-electron chi connectivity index (χ4n) is 2.21. The van der Waals surface area contributed by atoms with Crippen LogP contribution < -0.4 is 10.2 Å². The Morgan fingerprint density at radius 3 is 2.59 bits per heavy atom. The van der Waals surface area contributed by atoms with Crippen LogP contribution in [0, 0.1) is 0 Å². The molecule has 1 aliphatic heterocycles. The maximum absolute atomic E-state index is 12.4. The number of amides is 2. The van der Waals surface area contributed by atoms with Crippen molar-refractivity contribution in [3.05, 3.63) is 53.6 Å². The summed E-state index contributed by atoms with van der Waals surface area (Å²) in [7, 11) is 1.68. The highest BCUT2D eigenvalue weighted by atomic mass is 35.5. The summed E-state index contributed by atoms with van der Waals surface area (Å²) in [5.74, 6) is -0.561. The largest absolute Gasteiger partial charge is 0.325 e. The Morgan fingerprint density at radius 1 is 1.18 bits per heavy atom. The first kappa shape index (κ1) is 14.9. The molecule has 0 saturated heterocycles. The van der Waals surface area contributed by atoms with Gasteiger partial charge in [-0.15, -0.1) is 11.8 Å². The molecule has 22 heavy (non-hydrogen) atoms. The smallest absolute Gasteiger partial charge is 0.249 e. The van der Waals surface area contributed by atoms with Gasteiger partial charge in [0, 0.05) is 22.7 Å². The van der Waals surface area contributed by atoms with E-state index in [-0.39, 0.29) is 11.8 Å². The molecule has 2 amide bonds. The van der Waals surface area contributed by atoms with E-state index in [0.29, 0.717) is 10.7 Å². The van der Waals surface area contributed by atoms with Crippen LogP contribution in [0.3, 0.4) is 0 Å². The lowest BCUT2D eigenvalue weighted by Gasteiger charge is -2.30. The Hall–Kier alpha value is -1.98. The number of fused-ring (bicyclic) bond motifs is 1. The Labute approximate surface area is 137 Å².